The second-order valence-corrected chi connectivity index (χ2v) is 33.6. The number of para-hydroxylation sites is 1. The molecule has 9 heterocycles. The van der Waals surface area contributed by atoms with Crippen LogP contribution in [0.1, 0.15) is 173 Å². The van der Waals surface area contributed by atoms with Crippen molar-refractivity contribution in [1.29, 1.82) is 5.41 Å². The number of phenolic OH excluding ortho intramolecular Hbond substituents is 1. The molecule has 0 aliphatic carbocycles. The lowest BCUT2D eigenvalue weighted by molar-refractivity contribution is -0.142. The summed E-state index contributed by atoms with van der Waals surface area (Å²) in [6.45, 7) is 18.2. The highest BCUT2D eigenvalue weighted by Gasteiger charge is 2.41. The van der Waals surface area contributed by atoms with Crippen LogP contribution in [0.25, 0.3) is 61.3 Å². The van der Waals surface area contributed by atoms with Crippen LogP contribution in [0.4, 0.5) is 0 Å². The molecular weight excluding hydrogens is 1680 g/mol. The number of fused-ring (bicyclic) bond motifs is 9. The normalized spacial score (nSPS) is 15.8. The molecule has 38 nitrogen and oxygen atoms in total. The minimum Gasteiger partial charge on any atom is -0.508 e. The monoisotopic (exact) mass is 1800 g/mol. The molecule has 4 aliphatic heterocycles. The summed E-state index contributed by atoms with van der Waals surface area (Å²) in [5.74, 6) is -11.1. The van der Waals surface area contributed by atoms with Gasteiger partial charge in [0.05, 0.1) is 47.9 Å². The van der Waals surface area contributed by atoms with E-state index in [9.17, 15) is 63.3 Å². The van der Waals surface area contributed by atoms with E-state index in [0.717, 1.165) is 55.6 Å². The molecule has 8 bridgehead atoms. The Morgan fingerprint density at radius 1 is 0.618 bits per heavy atom. The third kappa shape index (κ3) is 25.5. The lowest BCUT2D eigenvalue weighted by Crippen LogP contribution is -2.61. The number of H-pyrrole nitrogens is 4. The number of phenols is 1. The van der Waals surface area contributed by atoms with Gasteiger partial charge < -0.3 is 110 Å². The number of amides is 12. The predicted octanol–water partition coefficient (Wildman–Crippen LogP) is 3.91. The highest BCUT2D eigenvalue weighted by molar-refractivity contribution is 6.02. The molecule has 0 radical (unpaired) electrons. The lowest BCUT2D eigenvalue weighted by Gasteiger charge is -2.31. The highest BCUT2D eigenvalue weighted by atomic mass is 16.4. The second kappa shape index (κ2) is 44.9. The van der Waals surface area contributed by atoms with E-state index in [-0.39, 0.29) is 152 Å². The van der Waals surface area contributed by atoms with Gasteiger partial charge in [-0.25, -0.2) is 15.0 Å². The Hall–Kier alpha value is -14.6. The number of nitrogens with zero attached hydrogens (tertiary/aromatic N) is 4. The van der Waals surface area contributed by atoms with Crippen molar-refractivity contribution in [2.75, 3.05) is 32.8 Å². The quantitative estimate of drug-likeness (QED) is 0.0146. The van der Waals surface area contributed by atoms with Gasteiger partial charge in [0, 0.05) is 115 Å². The van der Waals surface area contributed by atoms with Gasteiger partial charge in [-0.15, -0.1) is 0 Å². The van der Waals surface area contributed by atoms with Crippen molar-refractivity contribution in [3.05, 3.63) is 173 Å². The number of carbonyl (C=O) groups is 13. The number of aliphatic hydroxyl groups excluding tert-OH is 1. The van der Waals surface area contributed by atoms with Crippen LogP contribution in [-0.4, -0.2) is 225 Å². The predicted molar refractivity (Wildman–Crippen MR) is 491 cm³/mol. The zero-order valence-corrected chi connectivity index (χ0v) is 74.2. The first-order valence-electron chi connectivity index (χ1n) is 43.9. The molecule has 2 aromatic carbocycles. The Balaban J connectivity index is 0.864. The molecule has 23 N–H and O–H groups in total. The first-order valence-corrected chi connectivity index (χ1v) is 43.9. The van der Waals surface area contributed by atoms with Gasteiger partial charge in [-0.2, -0.15) is 0 Å². The second-order valence-electron chi connectivity index (χ2n) is 33.6. The molecule has 7 aromatic rings. The number of hydrogen-bond acceptors (Lipinski definition) is 19. The van der Waals surface area contributed by atoms with Crippen molar-refractivity contribution < 1.29 is 77.6 Å². The van der Waals surface area contributed by atoms with E-state index in [0.29, 0.717) is 68.0 Å². The number of aromatic nitrogens is 7. The zero-order valence-electron chi connectivity index (χ0n) is 74.2. The first kappa shape index (κ1) is 97.0. The first-order chi connectivity index (χ1) is 62.7. The molecule has 2 fully saturated rings. The maximum Gasteiger partial charge on any atom is 0.303 e. The van der Waals surface area contributed by atoms with Crippen LogP contribution in [0, 0.1) is 25.2 Å². The SMILES string of the molecule is C=CC1=C(C)c2cc3[nH]c(cc4nc(cc5[nH]c(cc1n2)c(C)c5CCC(=O)O)C(CCC(=O)NCCCC[C@@H](NC(=O)[C@H](Cc1ccc(O)cc1)NC(=O)[C@H](CO)NC(=O)[C@H](Cc1c[nH]c2ccccc12)NC(=O)[C@H](Cc1c[nH]cn1)NC(=O)[C@@H]1CCC(=O)N1)C(=O)N[C@@H](CC(C)C)C(=O)N[C@@H](CCCNC(=N)N)C(=O)N1CCC[C@H]1C(=O)NCC(N)=O)=C4C)c(C)c3C=C. The third-order valence-corrected chi connectivity index (χ3v) is 23.8. The van der Waals surface area contributed by atoms with Crippen molar-refractivity contribution >= 4 is 144 Å². The van der Waals surface area contributed by atoms with Gasteiger partial charge in [0.2, 0.25) is 70.9 Å². The Morgan fingerprint density at radius 3 is 1.90 bits per heavy atom. The number of aliphatic hydroxyl groups is 1. The Morgan fingerprint density at radius 2 is 1.23 bits per heavy atom. The number of likely N-dealkylation sites (tertiary alicyclic amines) is 1. The van der Waals surface area contributed by atoms with Crippen molar-refractivity contribution in [2.24, 2.45) is 17.4 Å². The number of aromatic amines is 4. The summed E-state index contributed by atoms with van der Waals surface area (Å²) in [5, 5.41) is 69.6. The molecular formula is C93H116N22O16. The minimum absolute atomic E-state index is 0.0409. The number of carboxylic acids is 1. The maximum atomic E-state index is 15.4. The molecule has 38 heteroatoms. The van der Waals surface area contributed by atoms with Crippen molar-refractivity contribution in [2.45, 2.75) is 205 Å². The van der Waals surface area contributed by atoms with Gasteiger partial charge in [0.1, 0.15) is 60.1 Å². The number of guanidine groups is 1. The molecule has 0 saturated carbocycles. The van der Waals surface area contributed by atoms with Crippen LogP contribution in [0.5, 0.6) is 5.75 Å². The van der Waals surface area contributed by atoms with E-state index in [1.165, 1.54) is 41.7 Å². The summed E-state index contributed by atoms with van der Waals surface area (Å²) in [7, 11) is 0. The van der Waals surface area contributed by atoms with Gasteiger partial charge in [-0.1, -0.05) is 69.5 Å². The number of aromatic hydroxyl groups is 1. The van der Waals surface area contributed by atoms with Crippen molar-refractivity contribution in [1.82, 2.24) is 98.3 Å². The van der Waals surface area contributed by atoms with E-state index in [4.69, 9.17) is 26.8 Å². The summed E-state index contributed by atoms with van der Waals surface area (Å²) in [5.41, 5.74) is 24.7. The van der Waals surface area contributed by atoms with Gasteiger partial charge >= 0.3 is 5.97 Å². The van der Waals surface area contributed by atoms with Crippen molar-refractivity contribution in [3.8, 4) is 5.75 Å². The van der Waals surface area contributed by atoms with Crippen LogP contribution in [0.15, 0.2) is 111 Å². The summed E-state index contributed by atoms with van der Waals surface area (Å²) >= 11 is 0. The van der Waals surface area contributed by atoms with Crippen LogP contribution in [-0.2, 0) is 88.0 Å². The molecule has 9 atom stereocenters. The number of benzene rings is 2. The van der Waals surface area contributed by atoms with Crippen LogP contribution in [0.3, 0.4) is 0 Å². The van der Waals surface area contributed by atoms with Gasteiger partial charge in [-0.05, 0) is 191 Å². The number of nitrogens with two attached hydrogens (primary N) is 2. The number of aliphatic carboxylic acids is 1. The average Bonchev–Trinajstić information content (AvgIpc) is 1.62. The molecule has 4 aliphatic rings. The number of imidazole rings is 1. The molecule has 0 spiro atoms. The van der Waals surface area contributed by atoms with Gasteiger partial charge in [0.15, 0.2) is 5.96 Å². The molecule has 11 rings (SSSR count). The molecule has 0 unspecified atom stereocenters. The fraction of sp³-hybridized carbons (Fsp3) is 0.409. The number of allylic oxidation sites excluding steroid dienone is 5. The molecule has 12 amide bonds. The summed E-state index contributed by atoms with van der Waals surface area (Å²) in [4.78, 5) is 211. The van der Waals surface area contributed by atoms with E-state index in [1.54, 1.807) is 56.5 Å². The largest absolute Gasteiger partial charge is 0.508 e. The van der Waals surface area contributed by atoms with Gasteiger partial charge in [0.25, 0.3) is 0 Å². The van der Waals surface area contributed by atoms with Gasteiger partial charge in [-0.3, -0.25) is 67.7 Å². The fourth-order valence-corrected chi connectivity index (χ4v) is 16.7. The number of aryl methyl sites for hydroxylation is 3. The smallest absolute Gasteiger partial charge is 0.303 e. The van der Waals surface area contributed by atoms with E-state index < -0.39 is 133 Å². The minimum atomic E-state index is -1.87. The number of carbonyl (C=O) groups excluding carboxylic acids is 12. The van der Waals surface area contributed by atoms with E-state index in [2.05, 4.69) is 96.6 Å². The Bertz CT molecular complexity index is 5770. The summed E-state index contributed by atoms with van der Waals surface area (Å²) in [6.07, 6.45) is 8.41. The van der Waals surface area contributed by atoms with Crippen LogP contribution < -0.4 is 70.0 Å². The maximum absolute atomic E-state index is 15.4. The lowest BCUT2D eigenvalue weighted by atomic mass is 10.00. The highest BCUT2D eigenvalue weighted by Crippen LogP contribution is 2.38. The number of hydrogen-bond donors (Lipinski definition) is 21. The Kier molecular flexibility index (Phi) is 33.3. The number of rotatable bonds is 44. The number of carboxylic acid groups (broad SMARTS) is 1. The third-order valence-electron chi connectivity index (χ3n) is 23.8. The number of nitrogens with one attached hydrogen (secondary N) is 16. The fourth-order valence-electron chi connectivity index (χ4n) is 16.7. The topological polar surface area (TPSA) is 596 Å². The standard InChI is InChI=1S/C93H116N22O16/c1-9-57-49(5)66-39-67-51(7)59(72(105-67)42-73-60(27-31-83(121)122)52(8)69(106-73)41-71-58(10-2)50(6)68(104-71)40-70(57)103-66)26-29-81(119)98-32-14-13-19-63(84(123)110-74(35-48(3)4)86(125)109-65(20-15-33-99-93(95)96)92(131)115-34-16-21-79(115)91(130)101-45-80(94)118)108-87(126)75(36-53-22-24-56(117)25-23-53)111-90(129)78(46-116)114-88(127)76(37-54-43-100-62-18-12-11-17-61(54)62)112-89(128)77(38-55-44-97-47-102-55)113-85(124)64-28-30-82(120)107-64/h9-12,17-18,22-25,39-44,47-48,63-65,74-79,100,103,106,116-117H,1-2,13-16,19-21,26-38,45-46H2,3-8H3,(H2,94,118)(H,97,102)(H,98,119)(H,101,130)(H,107,120)(H,108,126)(H,109,125)(H,110,123)(H,111,129)(H,112,128)(H,113,124)(H,114,127)(H,121,122)(H4,95,96,99)/t63-,64+,65+,74+,75+,76+,77+,78+,79+/m1/s1. The Labute approximate surface area is 755 Å². The van der Waals surface area contributed by atoms with Crippen molar-refractivity contribution in [3.63, 3.8) is 0 Å². The number of unbranched alkanes of at least 4 members (excludes halogenated alkanes) is 1. The number of primary amides is 1. The van der Waals surface area contributed by atoms with E-state index >= 15 is 14.4 Å². The molecule has 131 heavy (non-hydrogen) atoms. The zero-order chi connectivity index (χ0) is 94.4. The summed E-state index contributed by atoms with van der Waals surface area (Å²) < 4.78 is 0. The van der Waals surface area contributed by atoms with E-state index in [1.807, 2.05) is 52.0 Å². The molecule has 694 valence electrons. The van der Waals surface area contributed by atoms with Crippen LogP contribution in [0.2, 0.25) is 0 Å². The molecule has 5 aromatic heterocycles. The average molecular weight is 1800 g/mol. The molecule has 2 saturated heterocycles. The van der Waals surface area contributed by atoms with Crippen LogP contribution >= 0.6 is 0 Å². The summed E-state index contributed by atoms with van der Waals surface area (Å²) in [6, 6.07) is 7.57.